The average molecular weight is 411 g/mol. The fourth-order valence-corrected chi connectivity index (χ4v) is 3.30. The second-order valence-electron chi connectivity index (χ2n) is 9.55. The lowest BCUT2D eigenvalue weighted by Gasteiger charge is -2.05. The van der Waals surface area contributed by atoms with E-state index in [1.807, 2.05) is 0 Å². The van der Waals surface area contributed by atoms with Gasteiger partial charge in [-0.1, -0.05) is 77.3 Å². The smallest absolute Gasteiger partial charge is 0.0166 e. The maximum atomic E-state index is 2.45. The summed E-state index contributed by atoms with van der Waals surface area (Å²) in [5, 5.41) is 0. The van der Waals surface area contributed by atoms with Gasteiger partial charge < -0.3 is 0 Å². The summed E-state index contributed by atoms with van der Waals surface area (Å²) in [6.07, 6.45) is 27.3. The Balaban J connectivity index is 4.05. The number of allylic oxidation sites excluding steroid dienone is 12. The molecule has 0 N–H and O–H groups in total. The molecule has 0 rings (SSSR count). The minimum atomic E-state index is 0.658. The largest absolute Gasteiger partial charge is 0.0856 e. The summed E-state index contributed by atoms with van der Waals surface area (Å²) in [7, 11) is 0. The Bertz CT molecular complexity index is 623. The SMILES string of the molecule is CC(C)=CCCC(C)=CC/C=C/C(C)CCC=C(C)CCC=C(C)CCC=C(C)C. The molecule has 0 aromatic carbocycles. The molecule has 0 spiro atoms. The normalized spacial score (nSPS) is 14.2. The molecule has 0 heteroatoms. The molecule has 0 heterocycles. The summed E-state index contributed by atoms with van der Waals surface area (Å²) < 4.78 is 0. The van der Waals surface area contributed by atoms with E-state index in [4.69, 9.17) is 0 Å². The molecular formula is C30H50. The molecule has 0 saturated carbocycles. The van der Waals surface area contributed by atoms with E-state index in [0.717, 1.165) is 6.42 Å². The molecule has 0 aromatic heterocycles. The van der Waals surface area contributed by atoms with Crippen molar-refractivity contribution in [3.8, 4) is 0 Å². The van der Waals surface area contributed by atoms with E-state index in [0.29, 0.717) is 5.92 Å². The van der Waals surface area contributed by atoms with Crippen LogP contribution in [0.25, 0.3) is 0 Å². The van der Waals surface area contributed by atoms with Gasteiger partial charge in [-0.3, -0.25) is 0 Å². The first-order chi connectivity index (χ1) is 14.2. The third kappa shape index (κ3) is 19.7. The highest BCUT2D eigenvalue weighted by Gasteiger charge is 1.97. The summed E-state index contributed by atoms with van der Waals surface area (Å²) in [5.74, 6) is 0.658. The van der Waals surface area contributed by atoms with Crippen molar-refractivity contribution >= 4 is 0 Å². The topological polar surface area (TPSA) is 0 Å². The van der Waals surface area contributed by atoms with E-state index in [-0.39, 0.29) is 0 Å². The van der Waals surface area contributed by atoms with Crippen molar-refractivity contribution in [2.75, 3.05) is 0 Å². The van der Waals surface area contributed by atoms with Crippen LogP contribution in [0.3, 0.4) is 0 Å². The van der Waals surface area contributed by atoms with Gasteiger partial charge in [-0.25, -0.2) is 0 Å². The van der Waals surface area contributed by atoms with E-state index in [1.165, 1.54) is 79.2 Å². The zero-order chi connectivity index (χ0) is 22.8. The standard InChI is InChI=1S/C30H50/c1-25(2)15-11-19-27(5)17-9-10-18-28(6)21-13-23-30(8)24-14-22-29(7)20-12-16-26(3)4/h10,15-18,22-23,28H,9,11-14,19-21,24H2,1-8H3/b18-10+,27-17?,29-22?,30-23?. The molecule has 170 valence electrons. The molecule has 0 amide bonds. The molecule has 30 heavy (non-hydrogen) atoms. The first-order valence-corrected chi connectivity index (χ1v) is 12.1. The van der Waals surface area contributed by atoms with Crippen LogP contribution in [0.5, 0.6) is 0 Å². The van der Waals surface area contributed by atoms with Gasteiger partial charge in [0.2, 0.25) is 0 Å². The zero-order valence-electron chi connectivity index (χ0n) is 21.5. The Kier molecular flexibility index (Phi) is 17.3. The van der Waals surface area contributed by atoms with Crippen molar-refractivity contribution in [2.24, 2.45) is 5.92 Å². The predicted molar refractivity (Wildman–Crippen MR) is 140 cm³/mol. The van der Waals surface area contributed by atoms with Crippen LogP contribution in [-0.4, -0.2) is 0 Å². The summed E-state index contributed by atoms with van der Waals surface area (Å²) in [6, 6.07) is 0. The van der Waals surface area contributed by atoms with Gasteiger partial charge in [0.15, 0.2) is 0 Å². The van der Waals surface area contributed by atoms with E-state index < -0.39 is 0 Å². The Morgan fingerprint density at radius 2 is 1.00 bits per heavy atom. The van der Waals surface area contributed by atoms with Gasteiger partial charge in [0.25, 0.3) is 0 Å². The van der Waals surface area contributed by atoms with E-state index >= 15 is 0 Å². The van der Waals surface area contributed by atoms with Crippen molar-refractivity contribution in [3.05, 3.63) is 70.4 Å². The van der Waals surface area contributed by atoms with Gasteiger partial charge in [0, 0.05) is 0 Å². The highest BCUT2D eigenvalue weighted by molar-refractivity contribution is 5.07. The van der Waals surface area contributed by atoms with Crippen LogP contribution in [0.2, 0.25) is 0 Å². The maximum absolute atomic E-state index is 2.45. The van der Waals surface area contributed by atoms with Crippen molar-refractivity contribution < 1.29 is 0 Å². The predicted octanol–water partition coefficient (Wildman–Crippen LogP) is 10.5. The van der Waals surface area contributed by atoms with E-state index in [2.05, 4.69) is 97.9 Å². The van der Waals surface area contributed by atoms with Crippen LogP contribution in [0.15, 0.2) is 70.4 Å². The monoisotopic (exact) mass is 410 g/mol. The van der Waals surface area contributed by atoms with Gasteiger partial charge >= 0.3 is 0 Å². The number of rotatable bonds is 15. The number of hydrogen-bond donors (Lipinski definition) is 0. The van der Waals surface area contributed by atoms with Crippen LogP contribution < -0.4 is 0 Å². The van der Waals surface area contributed by atoms with Crippen LogP contribution >= 0.6 is 0 Å². The molecule has 1 atom stereocenters. The molecule has 1 unspecified atom stereocenters. The van der Waals surface area contributed by atoms with Gasteiger partial charge in [-0.2, -0.15) is 0 Å². The Morgan fingerprint density at radius 1 is 0.567 bits per heavy atom. The zero-order valence-corrected chi connectivity index (χ0v) is 21.5. The summed E-state index contributed by atoms with van der Waals surface area (Å²) in [4.78, 5) is 0. The molecule has 0 bridgehead atoms. The first kappa shape index (κ1) is 28.4. The molecule has 0 radical (unpaired) electrons. The molecule has 0 nitrogen and oxygen atoms in total. The molecule has 0 aliphatic carbocycles. The lowest BCUT2D eigenvalue weighted by Crippen LogP contribution is -1.89. The molecular weight excluding hydrogens is 360 g/mol. The second-order valence-corrected chi connectivity index (χ2v) is 9.55. The summed E-state index contributed by atoms with van der Waals surface area (Å²) in [5.41, 5.74) is 7.41. The lowest BCUT2D eigenvalue weighted by atomic mass is 10.0. The molecule has 0 fully saturated rings. The van der Waals surface area contributed by atoms with E-state index in [9.17, 15) is 0 Å². The van der Waals surface area contributed by atoms with Crippen molar-refractivity contribution in [3.63, 3.8) is 0 Å². The maximum Gasteiger partial charge on any atom is -0.0166 e. The summed E-state index contributed by atoms with van der Waals surface area (Å²) >= 11 is 0. The second kappa shape index (κ2) is 18.2. The Labute approximate surface area is 189 Å². The van der Waals surface area contributed by atoms with Gasteiger partial charge in [0.1, 0.15) is 0 Å². The van der Waals surface area contributed by atoms with Crippen LogP contribution in [0.4, 0.5) is 0 Å². The van der Waals surface area contributed by atoms with Crippen LogP contribution in [0.1, 0.15) is 113 Å². The molecule has 0 aliphatic heterocycles. The summed E-state index contributed by atoms with van der Waals surface area (Å²) in [6.45, 7) is 17.8. The van der Waals surface area contributed by atoms with Crippen molar-refractivity contribution in [2.45, 2.75) is 113 Å². The van der Waals surface area contributed by atoms with Gasteiger partial charge in [-0.05, 0) is 112 Å². The Hall–Kier alpha value is -1.56. The van der Waals surface area contributed by atoms with Crippen LogP contribution in [0, 0.1) is 5.92 Å². The molecule has 0 aromatic rings. The molecule has 0 saturated heterocycles. The van der Waals surface area contributed by atoms with Crippen molar-refractivity contribution in [1.29, 1.82) is 0 Å². The fourth-order valence-electron chi connectivity index (χ4n) is 3.30. The van der Waals surface area contributed by atoms with Gasteiger partial charge in [0.05, 0.1) is 0 Å². The van der Waals surface area contributed by atoms with E-state index in [1.54, 1.807) is 0 Å². The third-order valence-corrected chi connectivity index (χ3v) is 5.40. The fraction of sp³-hybridized carbons (Fsp3) is 0.600. The quantitative estimate of drug-likeness (QED) is 0.235. The average Bonchev–Trinajstić information content (AvgIpc) is 2.64. The lowest BCUT2D eigenvalue weighted by molar-refractivity contribution is 0.653. The minimum Gasteiger partial charge on any atom is -0.0856 e. The first-order valence-electron chi connectivity index (χ1n) is 12.1. The Morgan fingerprint density at radius 3 is 1.50 bits per heavy atom. The highest BCUT2D eigenvalue weighted by Crippen LogP contribution is 2.15. The molecule has 0 aliphatic rings. The third-order valence-electron chi connectivity index (χ3n) is 5.40. The van der Waals surface area contributed by atoms with Crippen LogP contribution in [-0.2, 0) is 0 Å². The highest BCUT2D eigenvalue weighted by atomic mass is 14.0. The van der Waals surface area contributed by atoms with Crippen molar-refractivity contribution in [1.82, 2.24) is 0 Å². The number of hydrogen-bond acceptors (Lipinski definition) is 0. The minimum absolute atomic E-state index is 0.658. The van der Waals surface area contributed by atoms with Gasteiger partial charge in [-0.15, -0.1) is 0 Å².